The number of ketones is 1. The Hall–Kier alpha value is -3.03. The molecule has 1 aromatic rings. The fourth-order valence-electron chi connectivity index (χ4n) is 4.16. The van der Waals surface area contributed by atoms with Gasteiger partial charge in [0.1, 0.15) is 11.9 Å². The summed E-state index contributed by atoms with van der Waals surface area (Å²) in [4.78, 5) is 47.6. The maximum Gasteiger partial charge on any atom is 0.338 e. The van der Waals surface area contributed by atoms with Crippen LogP contribution >= 0.6 is 0 Å². The number of nitro groups is 1. The van der Waals surface area contributed by atoms with Crippen LogP contribution in [0.2, 0.25) is 0 Å². The van der Waals surface area contributed by atoms with Crippen molar-refractivity contribution in [1.82, 2.24) is 0 Å². The Morgan fingerprint density at radius 3 is 2.53 bits per heavy atom. The van der Waals surface area contributed by atoms with E-state index in [1.807, 2.05) is 0 Å². The molecule has 0 unspecified atom stereocenters. The van der Waals surface area contributed by atoms with Gasteiger partial charge in [-0.25, -0.2) is 4.79 Å². The van der Waals surface area contributed by atoms with Gasteiger partial charge < -0.3 is 9.47 Å². The Morgan fingerprint density at radius 1 is 1.27 bits per heavy atom. The van der Waals surface area contributed by atoms with E-state index in [-0.39, 0.29) is 47.9 Å². The van der Waals surface area contributed by atoms with Gasteiger partial charge in [0, 0.05) is 24.5 Å². The van der Waals surface area contributed by atoms with Crippen LogP contribution in [0.25, 0.3) is 0 Å². The first-order valence-electron chi connectivity index (χ1n) is 10.1. The van der Waals surface area contributed by atoms with Crippen LogP contribution in [-0.2, 0) is 19.1 Å². The van der Waals surface area contributed by atoms with Crippen LogP contribution in [0.15, 0.2) is 36.9 Å². The molecule has 0 spiro atoms. The minimum absolute atomic E-state index is 0.0127. The molecule has 3 rings (SSSR count). The predicted molar refractivity (Wildman–Crippen MR) is 107 cm³/mol. The summed E-state index contributed by atoms with van der Waals surface area (Å²) in [6.07, 6.45) is 3.57. The Balaban J connectivity index is 1.55. The van der Waals surface area contributed by atoms with Crippen LogP contribution < -0.4 is 0 Å². The molecule has 4 atom stereocenters. The van der Waals surface area contributed by atoms with Crippen molar-refractivity contribution in [2.45, 2.75) is 45.1 Å². The van der Waals surface area contributed by atoms with Crippen LogP contribution in [0, 0.1) is 27.4 Å². The number of Topliss-reactive ketones (excluding diaryl/α,β-unsaturated/α-hetero) is 1. The van der Waals surface area contributed by atoms with Crippen molar-refractivity contribution >= 4 is 23.4 Å². The van der Waals surface area contributed by atoms with Crippen LogP contribution in [0.3, 0.4) is 0 Å². The third-order valence-electron chi connectivity index (χ3n) is 6.02. The predicted octanol–water partition coefficient (Wildman–Crippen LogP) is 3.63. The van der Waals surface area contributed by atoms with Crippen molar-refractivity contribution in [3.05, 3.63) is 52.6 Å². The van der Waals surface area contributed by atoms with E-state index in [1.54, 1.807) is 13.0 Å². The van der Waals surface area contributed by atoms with Crippen LogP contribution in [0.5, 0.6) is 0 Å². The standard InChI is InChI=1S/C22H25NO7/c1-3-16-12-22(16,21(26)29-4-2)13-19(24)15-7-10-18(11-15)30-20(25)14-5-8-17(9-6-14)23(27)28/h3,5-6,8-9,15-16,18H,1,4,7,10-13H2,2H3/t15-,16+,18-,22+/m0/s1. The summed E-state index contributed by atoms with van der Waals surface area (Å²) in [5.74, 6) is -1.24. The second-order valence-electron chi connectivity index (χ2n) is 7.91. The fraction of sp³-hybridized carbons (Fsp3) is 0.500. The molecule has 30 heavy (non-hydrogen) atoms. The Morgan fingerprint density at radius 2 is 1.97 bits per heavy atom. The molecule has 0 heterocycles. The quantitative estimate of drug-likeness (QED) is 0.262. The van der Waals surface area contributed by atoms with Gasteiger partial charge in [0.05, 0.1) is 22.5 Å². The number of non-ortho nitro benzene ring substituents is 1. The molecule has 2 saturated carbocycles. The molecule has 0 saturated heterocycles. The van der Waals surface area contributed by atoms with E-state index in [0.29, 0.717) is 25.7 Å². The van der Waals surface area contributed by atoms with E-state index in [4.69, 9.17) is 9.47 Å². The molecular formula is C22H25NO7. The summed E-state index contributed by atoms with van der Waals surface area (Å²) in [6, 6.07) is 5.20. The molecule has 0 radical (unpaired) electrons. The highest BCUT2D eigenvalue weighted by molar-refractivity contribution is 5.91. The lowest BCUT2D eigenvalue weighted by molar-refractivity contribution is -0.384. The van der Waals surface area contributed by atoms with Gasteiger partial charge in [0.25, 0.3) is 5.69 Å². The first kappa shape index (κ1) is 21.7. The Labute approximate surface area is 174 Å². The van der Waals surface area contributed by atoms with Gasteiger partial charge >= 0.3 is 11.9 Å². The third kappa shape index (κ3) is 4.42. The molecule has 1 aromatic carbocycles. The van der Waals surface area contributed by atoms with Gasteiger partial charge in [-0.05, 0) is 50.7 Å². The molecule has 0 aliphatic heterocycles. The Kier molecular flexibility index (Phi) is 6.34. The van der Waals surface area contributed by atoms with Crippen molar-refractivity contribution in [1.29, 1.82) is 0 Å². The highest BCUT2D eigenvalue weighted by atomic mass is 16.6. The van der Waals surface area contributed by atoms with Crippen LogP contribution in [-0.4, -0.2) is 35.4 Å². The summed E-state index contributed by atoms with van der Waals surface area (Å²) in [7, 11) is 0. The first-order valence-corrected chi connectivity index (χ1v) is 10.1. The molecule has 0 N–H and O–H groups in total. The van der Waals surface area contributed by atoms with E-state index in [1.165, 1.54) is 24.3 Å². The zero-order valence-corrected chi connectivity index (χ0v) is 16.9. The number of nitrogens with zero attached hydrogens (tertiary/aromatic N) is 1. The normalized spacial score (nSPS) is 27.2. The molecule has 160 valence electrons. The van der Waals surface area contributed by atoms with Crippen molar-refractivity contribution in [2.75, 3.05) is 6.61 Å². The largest absolute Gasteiger partial charge is 0.466 e. The summed E-state index contributed by atoms with van der Waals surface area (Å²) >= 11 is 0. The van der Waals surface area contributed by atoms with Crippen LogP contribution in [0.4, 0.5) is 5.69 Å². The van der Waals surface area contributed by atoms with Gasteiger partial charge in [0.15, 0.2) is 0 Å². The number of ether oxygens (including phenoxy) is 2. The molecule has 2 aliphatic carbocycles. The average molecular weight is 415 g/mol. The Bertz CT molecular complexity index is 863. The number of rotatable bonds is 9. The highest BCUT2D eigenvalue weighted by Crippen LogP contribution is 2.57. The maximum atomic E-state index is 12.8. The summed E-state index contributed by atoms with van der Waals surface area (Å²) in [5.41, 5.74) is -0.669. The van der Waals surface area contributed by atoms with Crippen molar-refractivity contribution in [3.8, 4) is 0 Å². The molecule has 2 fully saturated rings. The molecule has 0 amide bonds. The number of nitro benzene ring substituents is 1. The number of carbonyl (C=O) groups excluding carboxylic acids is 3. The minimum Gasteiger partial charge on any atom is -0.466 e. The number of esters is 2. The van der Waals surface area contributed by atoms with Gasteiger partial charge in [-0.15, -0.1) is 6.58 Å². The van der Waals surface area contributed by atoms with Gasteiger partial charge in [0.2, 0.25) is 0 Å². The second-order valence-corrected chi connectivity index (χ2v) is 7.91. The van der Waals surface area contributed by atoms with Crippen molar-refractivity contribution in [2.24, 2.45) is 17.3 Å². The number of benzene rings is 1. The molecule has 8 nitrogen and oxygen atoms in total. The molecule has 2 aliphatic rings. The van der Waals surface area contributed by atoms with Crippen molar-refractivity contribution in [3.63, 3.8) is 0 Å². The first-order chi connectivity index (χ1) is 14.3. The van der Waals surface area contributed by atoms with E-state index in [2.05, 4.69) is 6.58 Å². The summed E-state index contributed by atoms with van der Waals surface area (Å²) in [6.45, 7) is 5.74. The lowest BCUT2D eigenvalue weighted by Gasteiger charge is -2.17. The minimum atomic E-state index is -0.789. The van der Waals surface area contributed by atoms with Gasteiger partial charge in [-0.2, -0.15) is 0 Å². The second kappa shape index (κ2) is 8.77. The van der Waals surface area contributed by atoms with E-state index in [0.717, 1.165) is 0 Å². The average Bonchev–Trinajstić information content (AvgIpc) is 3.25. The topological polar surface area (TPSA) is 113 Å². The smallest absolute Gasteiger partial charge is 0.338 e. The van der Waals surface area contributed by atoms with Crippen molar-refractivity contribution < 1.29 is 28.8 Å². The highest BCUT2D eigenvalue weighted by Gasteiger charge is 2.61. The molecular weight excluding hydrogens is 390 g/mol. The summed E-state index contributed by atoms with van der Waals surface area (Å²) in [5, 5.41) is 10.7. The van der Waals surface area contributed by atoms with E-state index < -0.39 is 22.4 Å². The lowest BCUT2D eigenvalue weighted by atomic mass is 9.89. The zero-order chi connectivity index (χ0) is 21.9. The van der Waals surface area contributed by atoms with Crippen LogP contribution in [0.1, 0.15) is 49.4 Å². The van der Waals surface area contributed by atoms with Gasteiger partial charge in [-0.1, -0.05) is 6.08 Å². The maximum absolute atomic E-state index is 12.8. The number of allylic oxidation sites excluding steroid dienone is 1. The summed E-state index contributed by atoms with van der Waals surface area (Å²) < 4.78 is 10.6. The number of hydrogen-bond acceptors (Lipinski definition) is 7. The number of hydrogen-bond donors (Lipinski definition) is 0. The van der Waals surface area contributed by atoms with Gasteiger partial charge in [-0.3, -0.25) is 19.7 Å². The van der Waals surface area contributed by atoms with E-state index in [9.17, 15) is 24.5 Å². The zero-order valence-electron chi connectivity index (χ0n) is 16.9. The molecule has 0 aromatic heterocycles. The molecule has 8 heteroatoms. The third-order valence-corrected chi connectivity index (χ3v) is 6.02. The lowest BCUT2D eigenvalue weighted by Crippen LogP contribution is -2.27. The number of carbonyl (C=O) groups is 3. The van der Waals surface area contributed by atoms with E-state index >= 15 is 0 Å². The SMILES string of the molecule is C=C[C@@H]1C[C@]1(CC(=O)[C@H]1CC[C@H](OC(=O)c2ccc([N+](=O)[O-])cc2)C1)C(=O)OCC. The fourth-order valence-corrected chi connectivity index (χ4v) is 4.16. The monoisotopic (exact) mass is 415 g/mol. The molecule has 0 bridgehead atoms.